The molecule has 1 aromatic rings. The Balaban J connectivity index is 1.87. The van der Waals surface area contributed by atoms with Gasteiger partial charge in [0, 0.05) is 18.1 Å². The number of halogens is 1. The van der Waals surface area contributed by atoms with Crippen molar-refractivity contribution in [1.82, 2.24) is 4.90 Å². The summed E-state index contributed by atoms with van der Waals surface area (Å²) in [7, 11) is 2.10. The summed E-state index contributed by atoms with van der Waals surface area (Å²) in [6.07, 6.45) is 0. The number of thioether (sulfide) groups is 2. The van der Waals surface area contributed by atoms with Gasteiger partial charge in [-0.3, -0.25) is 9.89 Å². The van der Waals surface area contributed by atoms with Crippen molar-refractivity contribution in [2.75, 3.05) is 25.1 Å². The fourth-order valence-electron chi connectivity index (χ4n) is 2.37. The Hall–Kier alpha value is -0.720. The van der Waals surface area contributed by atoms with E-state index in [2.05, 4.69) is 16.9 Å². The van der Waals surface area contributed by atoms with Crippen LogP contribution in [0.2, 0.25) is 0 Å². The lowest BCUT2D eigenvalue weighted by atomic mass is 10.2. The van der Waals surface area contributed by atoms with E-state index in [9.17, 15) is 9.50 Å². The summed E-state index contributed by atoms with van der Waals surface area (Å²) in [6.45, 7) is 1.08. The van der Waals surface area contributed by atoms with E-state index in [0.29, 0.717) is 10.4 Å². The normalized spacial score (nSPS) is 27.8. The van der Waals surface area contributed by atoms with Gasteiger partial charge in [-0.25, -0.2) is 4.39 Å². The molecule has 2 atom stereocenters. The maximum absolute atomic E-state index is 13.8. The average Bonchev–Trinajstić information content (AvgIpc) is 2.98. The van der Waals surface area contributed by atoms with Crippen LogP contribution in [0.1, 0.15) is 5.56 Å². The molecule has 1 N–H and O–H groups in total. The van der Waals surface area contributed by atoms with Crippen LogP contribution in [0.3, 0.4) is 0 Å². The first-order valence-electron chi connectivity index (χ1n) is 6.17. The van der Waals surface area contributed by atoms with Crippen LogP contribution in [-0.4, -0.2) is 51.6 Å². The first-order chi connectivity index (χ1) is 9.16. The number of nitrogens with zero attached hydrogens (tertiary/aromatic N) is 2. The third-order valence-corrected chi connectivity index (χ3v) is 5.90. The van der Waals surface area contributed by atoms with Crippen LogP contribution < -0.4 is 0 Å². The van der Waals surface area contributed by atoms with Gasteiger partial charge in [0.2, 0.25) is 0 Å². The molecule has 102 valence electrons. The van der Waals surface area contributed by atoms with Gasteiger partial charge in [-0.15, -0.1) is 23.5 Å². The van der Waals surface area contributed by atoms with E-state index in [1.807, 2.05) is 11.8 Å². The van der Waals surface area contributed by atoms with Gasteiger partial charge < -0.3 is 5.11 Å². The maximum Gasteiger partial charge on any atom is 0.136 e. The lowest BCUT2D eigenvalue weighted by molar-refractivity contribution is 0.328. The predicted octanol–water partition coefficient (Wildman–Crippen LogP) is 2.40. The Labute approximate surface area is 120 Å². The molecule has 1 saturated heterocycles. The minimum atomic E-state index is -0.403. The molecular formula is C13H15FN2OS2. The third kappa shape index (κ3) is 2.49. The van der Waals surface area contributed by atoms with E-state index < -0.39 is 5.82 Å². The van der Waals surface area contributed by atoms with E-state index in [-0.39, 0.29) is 17.4 Å². The van der Waals surface area contributed by atoms with Gasteiger partial charge >= 0.3 is 0 Å². The minimum Gasteiger partial charge on any atom is -0.507 e. The van der Waals surface area contributed by atoms with E-state index in [1.165, 1.54) is 30.0 Å². The number of likely N-dealkylation sites (N-methyl/N-ethyl adjacent to an activating group) is 1. The molecule has 3 rings (SSSR count). The first kappa shape index (κ1) is 13.3. The van der Waals surface area contributed by atoms with Gasteiger partial charge in [0.15, 0.2) is 0 Å². The van der Waals surface area contributed by atoms with Gasteiger partial charge in [0.05, 0.1) is 17.0 Å². The molecule has 3 nitrogen and oxygen atoms in total. The van der Waals surface area contributed by atoms with E-state index in [0.717, 1.165) is 18.1 Å². The molecule has 1 fully saturated rings. The number of hydrogen-bond donors (Lipinski definition) is 1. The molecule has 19 heavy (non-hydrogen) atoms. The number of aliphatic imine (C=N–C) groups is 1. The number of rotatable bonds is 2. The monoisotopic (exact) mass is 298 g/mol. The Morgan fingerprint density at radius 3 is 3.00 bits per heavy atom. The lowest BCUT2D eigenvalue weighted by Gasteiger charge is -2.21. The van der Waals surface area contributed by atoms with Crippen molar-refractivity contribution in [1.29, 1.82) is 0 Å². The van der Waals surface area contributed by atoms with Crippen LogP contribution in [0.15, 0.2) is 23.2 Å². The summed E-state index contributed by atoms with van der Waals surface area (Å²) in [5, 5.41) is 10.8. The van der Waals surface area contributed by atoms with Crippen LogP contribution in [0.5, 0.6) is 5.75 Å². The quantitative estimate of drug-likeness (QED) is 0.909. The minimum absolute atomic E-state index is 0.0284. The molecule has 0 bridgehead atoms. The summed E-state index contributed by atoms with van der Waals surface area (Å²) < 4.78 is 13.8. The van der Waals surface area contributed by atoms with Gasteiger partial charge in [-0.05, 0) is 19.2 Å². The van der Waals surface area contributed by atoms with Crippen molar-refractivity contribution >= 4 is 28.6 Å². The summed E-state index contributed by atoms with van der Waals surface area (Å²) in [5.41, 5.74) is 0.251. The van der Waals surface area contributed by atoms with E-state index in [1.54, 1.807) is 0 Å². The number of hydrogen-bond acceptors (Lipinski definition) is 5. The zero-order valence-electron chi connectivity index (χ0n) is 10.5. The summed E-state index contributed by atoms with van der Waals surface area (Å²) in [4.78, 5) is 6.92. The highest BCUT2D eigenvalue weighted by Crippen LogP contribution is 2.36. The standard InChI is InChI=1S/C13H15FN2OS2/c1-16-5-6-18-13(16)9-7-19-12(15-9)11-8(14)3-2-4-10(11)17/h2-4,9,13,17H,5-7H2,1H3/t9-,13+/m0/s1. The lowest BCUT2D eigenvalue weighted by Crippen LogP contribution is -2.33. The molecule has 6 heteroatoms. The second-order valence-corrected chi connectivity index (χ2v) is 6.92. The Morgan fingerprint density at radius 2 is 2.32 bits per heavy atom. The maximum atomic E-state index is 13.8. The molecule has 2 aliphatic rings. The molecule has 0 spiro atoms. The van der Waals surface area contributed by atoms with Crippen molar-refractivity contribution in [3.63, 3.8) is 0 Å². The average molecular weight is 298 g/mol. The van der Waals surface area contributed by atoms with Crippen molar-refractivity contribution in [3.05, 3.63) is 29.6 Å². The van der Waals surface area contributed by atoms with E-state index >= 15 is 0 Å². The molecule has 0 radical (unpaired) electrons. The zero-order chi connectivity index (χ0) is 13.4. The largest absolute Gasteiger partial charge is 0.507 e. The fourth-order valence-corrected chi connectivity index (χ4v) is 5.01. The smallest absolute Gasteiger partial charge is 0.136 e. The van der Waals surface area contributed by atoms with Gasteiger partial charge in [-0.1, -0.05) is 6.07 Å². The highest BCUT2D eigenvalue weighted by atomic mass is 32.2. The molecule has 0 aliphatic carbocycles. The zero-order valence-corrected chi connectivity index (χ0v) is 12.2. The third-order valence-electron chi connectivity index (χ3n) is 3.38. The summed E-state index contributed by atoms with van der Waals surface area (Å²) >= 11 is 3.43. The van der Waals surface area contributed by atoms with Crippen LogP contribution in [-0.2, 0) is 0 Å². The highest BCUT2D eigenvalue weighted by Gasteiger charge is 2.34. The first-order valence-corrected chi connectivity index (χ1v) is 8.20. The highest BCUT2D eigenvalue weighted by molar-refractivity contribution is 8.14. The fraction of sp³-hybridized carbons (Fsp3) is 0.462. The number of aromatic hydroxyl groups is 1. The molecule has 1 aromatic carbocycles. The molecule has 2 heterocycles. The number of phenols is 1. The second-order valence-electron chi connectivity index (χ2n) is 4.69. The van der Waals surface area contributed by atoms with Crippen molar-refractivity contribution in [2.24, 2.45) is 4.99 Å². The molecular weight excluding hydrogens is 283 g/mol. The van der Waals surface area contributed by atoms with Crippen molar-refractivity contribution < 1.29 is 9.50 Å². The van der Waals surface area contributed by atoms with E-state index in [4.69, 9.17) is 0 Å². The predicted molar refractivity (Wildman–Crippen MR) is 79.7 cm³/mol. The number of benzene rings is 1. The van der Waals surface area contributed by atoms with Crippen molar-refractivity contribution in [2.45, 2.75) is 11.4 Å². The summed E-state index contributed by atoms with van der Waals surface area (Å²) in [6, 6.07) is 4.55. The van der Waals surface area contributed by atoms with Crippen LogP contribution in [0.25, 0.3) is 0 Å². The van der Waals surface area contributed by atoms with Crippen LogP contribution in [0.4, 0.5) is 4.39 Å². The Kier molecular flexibility index (Phi) is 3.73. The Morgan fingerprint density at radius 1 is 1.47 bits per heavy atom. The van der Waals surface area contributed by atoms with Gasteiger partial charge in [-0.2, -0.15) is 0 Å². The second kappa shape index (κ2) is 5.34. The molecule has 0 unspecified atom stereocenters. The molecule has 2 aliphatic heterocycles. The molecule has 0 aromatic heterocycles. The van der Waals surface area contributed by atoms with Gasteiger partial charge in [0.25, 0.3) is 0 Å². The summed E-state index contributed by atoms with van der Waals surface area (Å²) in [5.74, 6) is 1.54. The Bertz CT molecular complexity index is 503. The molecule has 0 amide bonds. The molecule has 0 saturated carbocycles. The topological polar surface area (TPSA) is 35.8 Å². The van der Waals surface area contributed by atoms with Crippen LogP contribution in [0, 0.1) is 5.82 Å². The van der Waals surface area contributed by atoms with Crippen LogP contribution >= 0.6 is 23.5 Å². The van der Waals surface area contributed by atoms with Gasteiger partial charge in [0.1, 0.15) is 16.6 Å². The number of phenolic OH excluding ortho intramolecular Hbond substituents is 1. The van der Waals surface area contributed by atoms with Crippen molar-refractivity contribution in [3.8, 4) is 5.75 Å². The SMILES string of the molecule is CN1CCS[C@@H]1[C@@H]1CSC(c2c(O)cccc2F)=N1.